The molecule has 22 atom stereocenters. The van der Waals surface area contributed by atoms with Crippen LogP contribution in [0.3, 0.4) is 0 Å². The molecule has 8 unspecified atom stereocenters. The van der Waals surface area contributed by atoms with E-state index in [1.165, 1.54) is 148 Å². The lowest BCUT2D eigenvalue weighted by molar-refractivity contribution is -0.389. The van der Waals surface area contributed by atoms with Crippen molar-refractivity contribution in [3.8, 4) is 0 Å². The summed E-state index contributed by atoms with van der Waals surface area (Å²) in [6.07, 6.45) is 3.60. The highest BCUT2D eigenvalue weighted by Crippen LogP contribution is 2.35. The first-order valence-electron chi connectivity index (χ1n) is 34.0. The summed E-state index contributed by atoms with van der Waals surface area (Å²) >= 11 is 0. The van der Waals surface area contributed by atoms with E-state index < -0.39 is 161 Å². The maximum Gasteiger partial charge on any atom is 0.220 e. The van der Waals surface area contributed by atoms with Gasteiger partial charge in [0.25, 0.3) is 0 Å². The Morgan fingerprint density at radius 1 is 0.398 bits per heavy atom. The van der Waals surface area contributed by atoms with Crippen LogP contribution in [0.25, 0.3) is 0 Å². The number of aliphatic hydroxyl groups is 14. The van der Waals surface area contributed by atoms with Crippen LogP contribution in [0.1, 0.15) is 219 Å². The molecular weight excluding hydrogens is 1150 g/mol. The maximum absolute atomic E-state index is 13.4. The third kappa shape index (κ3) is 27.0. The molecule has 15 N–H and O–H groups in total. The summed E-state index contributed by atoms with van der Waals surface area (Å²) in [5.74, 6) is -0.298. The third-order valence-electron chi connectivity index (χ3n) is 17.7. The molecule has 88 heavy (non-hydrogen) atoms. The highest BCUT2D eigenvalue weighted by Gasteiger charge is 2.55. The van der Waals surface area contributed by atoms with Crippen LogP contribution in [0.15, 0.2) is 12.2 Å². The number of allylic oxidation sites excluding steroid dienone is 1. The molecule has 4 aliphatic rings. The Morgan fingerprint density at radius 3 is 1.17 bits per heavy atom. The summed E-state index contributed by atoms with van der Waals surface area (Å²) in [4.78, 5) is 13.4. The number of aliphatic hydroxyl groups excluding tert-OH is 14. The maximum atomic E-state index is 13.4. The van der Waals surface area contributed by atoms with Gasteiger partial charge in [-0.15, -0.1) is 0 Å². The zero-order valence-corrected chi connectivity index (χ0v) is 53.0. The third-order valence-corrected chi connectivity index (χ3v) is 17.7. The van der Waals surface area contributed by atoms with E-state index >= 15 is 0 Å². The summed E-state index contributed by atoms with van der Waals surface area (Å²) in [7, 11) is 0. The summed E-state index contributed by atoms with van der Waals surface area (Å²) in [5.41, 5.74) is 0. The van der Waals surface area contributed by atoms with E-state index in [0.717, 1.165) is 44.9 Å². The van der Waals surface area contributed by atoms with E-state index in [4.69, 9.17) is 37.9 Å². The molecule has 1 amide bonds. The van der Waals surface area contributed by atoms with Crippen molar-refractivity contribution in [2.75, 3.05) is 33.0 Å². The van der Waals surface area contributed by atoms with E-state index in [1.807, 2.05) is 6.08 Å². The van der Waals surface area contributed by atoms with Crippen molar-refractivity contribution in [3.63, 3.8) is 0 Å². The lowest BCUT2D eigenvalue weighted by Gasteiger charge is -2.49. The van der Waals surface area contributed by atoms with Crippen molar-refractivity contribution in [1.29, 1.82) is 0 Å². The molecule has 0 aromatic heterocycles. The van der Waals surface area contributed by atoms with Gasteiger partial charge >= 0.3 is 0 Å². The molecule has 4 rings (SSSR count). The minimum absolute atomic E-state index is 0.222. The van der Waals surface area contributed by atoms with E-state index in [-0.39, 0.29) is 18.9 Å². The van der Waals surface area contributed by atoms with Gasteiger partial charge in [-0.25, -0.2) is 0 Å². The molecular formula is C64H119NO23. The standard InChI is InChI=1S/C64H119NO23/c1-3-5-7-9-11-13-15-17-18-19-20-21-22-24-26-28-30-32-34-36-48(71)65-42(43(70)35-33-31-29-27-25-23-16-14-12-10-8-6-4-2)41-81-61-55(78)52(75)58(46(39-68)84-61)86-63-56(79)53(76)59(47(40-69)85-63)87-64-57(80)60(50(73)45(38-67)83-64)88-62-54(77)51(74)49(72)44(37-66)82-62/h33,35,42-47,49-64,66-70,72-80H,3-32,34,36-41H2,1-2H3,(H,65,71)/b35-33+/t42-,43+,44?,45?,46?,47?,49-,50-,51-,52+,53+,54?,55?,56?,57?,58+,59-,60-,61+,62+,63-,64-/m0/s1. The first-order chi connectivity index (χ1) is 42.6. The Hall–Kier alpha value is -1.67. The molecule has 4 aliphatic heterocycles. The van der Waals surface area contributed by atoms with Gasteiger partial charge in [-0.1, -0.05) is 206 Å². The topological polar surface area (TPSA) is 386 Å². The predicted molar refractivity (Wildman–Crippen MR) is 324 cm³/mol. The zero-order valence-electron chi connectivity index (χ0n) is 53.0. The number of hydrogen-bond acceptors (Lipinski definition) is 23. The first kappa shape index (κ1) is 78.8. The Labute approximate surface area is 523 Å². The number of rotatable bonds is 48. The van der Waals surface area contributed by atoms with Crippen molar-refractivity contribution >= 4 is 5.91 Å². The summed E-state index contributed by atoms with van der Waals surface area (Å²) in [6.45, 7) is 0.568. The number of carbonyl (C=O) groups is 1. The second-order valence-electron chi connectivity index (χ2n) is 25.0. The number of nitrogens with one attached hydrogen (secondary N) is 1. The summed E-state index contributed by atoms with van der Waals surface area (Å²) in [6, 6.07) is -1.01. The molecule has 0 bridgehead atoms. The smallest absolute Gasteiger partial charge is 0.220 e. The molecule has 0 aromatic carbocycles. The van der Waals surface area contributed by atoms with Gasteiger partial charge in [0.05, 0.1) is 45.2 Å². The van der Waals surface area contributed by atoms with E-state index in [0.29, 0.717) is 6.42 Å². The summed E-state index contributed by atoms with van der Waals surface area (Å²) < 4.78 is 45.8. The van der Waals surface area contributed by atoms with Crippen LogP contribution in [0, 0.1) is 0 Å². The van der Waals surface area contributed by atoms with Crippen LogP contribution in [-0.4, -0.2) is 245 Å². The van der Waals surface area contributed by atoms with Gasteiger partial charge in [-0.3, -0.25) is 4.79 Å². The molecule has 0 aliphatic carbocycles. The second-order valence-corrected chi connectivity index (χ2v) is 25.0. The number of hydrogen-bond donors (Lipinski definition) is 15. The highest BCUT2D eigenvalue weighted by atomic mass is 16.8. The predicted octanol–water partition coefficient (Wildman–Crippen LogP) is 3.20. The van der Waals surface area contributed by atoms with Crippen molar-refractivity contribution in [2.45, 2.75) is 354 Å². The molecule has 0 saturated carbocycles. The highest BCUT2D eigenvalue weighted by molar-refractivity contribution is 5.76. The molecule has 4 fully saturated rings. The number of carbonyl (C=O) groups excluding carboxylic acids is 1. The largest absolute Gasteiger partial charge is 0.394 e. The fourth-order valence-corrected chi connectivity index (χ4v) is 12.0. The monoisotopic (exact) mass is 1270 g/mol. The van der Waals surface area contributed by atoms with E-state index in [9.17, 15) is 76.3 Å². The van der Waals surface area contributed by atoms with Gasteiger partial charge in [0.2, 0.25) is 5.91 Å². The lowest BCUT2D eigenvalue weighted by Crippen LogP contribution is -2.67. The minimum atomic E-state index is -2.08. The SMILES string of the molecule is CCCCCCCCCCCCC/C=C/[C@@H](O)[C@H](CO[C@@H]1OC(CO)[C@@H](O[C@@H]2OC(CO)[C@H](O[C@@H]3OC(CO)[C@H](O)[C@H](O[C@H]4OC(CO)[C@H](O)[C@H](O)C4O)C3O)[C@H](O)C2O)[C@H](O)C1O)NC(=O)CCCCCCCCCCCCCCCCCCCCC. The van der Waals surface area contributed by atoms with Gasteiger partial charge in [0, 0.05) is 6.42 Å². The van der Waals surface area contributed by atoms with Gasteiger partial charge in [0.15, 0.2) is 25.2 Å². The Morgan fingerprint density at radius 2 is 0.739 bits per heavy atom. The zero-order chi connectivity index (χ0) is 64.2. The average Bonchev–Trinajstić information content (AvgIpc) is 0.947. The molecule has 0 aromatic rings. The molecule has 0 spiro atoms. The fraction of sp³-hybridized carbons (Fsp3) is 0.953. The van der Waals surface area contributed by atoms with Crippen LogP contribution in [0.5, 0.6) is 0 Å². The molecule has 4 heterocycles. The Balaban J connectivity index is 1.28. The van der Waals surface area contributed by atoms with Gasteiger partial charge in [0.1, 0.15) is 97.7 Å². The Bertz CT molecular complexity index is 1770. The average molecular weight is 1270 g/mol. The molecule has 0 radical (unpaired) electrons. The molecule has 518 valence electrons. The van der Waals surface area contributed by atoms with Crippen LogP contribution < -0.4 is 5.32 Å². The summed E-state index contributed by atoms with van der Waals surface area (Å²) in [5, 5.41) is 154. The van der Waals surface area contributed by atoms with Crippen LogP contribution >= 0.6 is 0 Å². The molecule has 24 nitrogen and oxygen atoms in total. The second kappa shape index (κ2) is 45.6. The van der Waals surface area contributed by atoms with E-state index in [1.54, 1.807) is 6.08 Å². The quantitative estimate of drug-likeness (QED) is 0.0307. The number of amides is 1. The van der Waals surface area contributed by atoms with Crippen molar-refractivity contribution in [2.24, 2.45) is 0 Å². The normalized spacial score (nSPS) is 33.7. The minimum Gasteiger partial charge on any atom is -0.394 e. The Kier molecular flexibility index (Phi) is 40.8. The van der Waals surface area contributed by atoms with Crippen LogP contribution in [-0.2, 0) is 42.7 Å². The van der Waals surface area contributed by atoms with Gasteiger partial charge < -0.3 is 115 Å². The van der Waals surface area contributed by atoms with E-state index in [2.05, 4.69) is 19.2 Å². The van der Waals surface area contributed by atoms with Crippen molar-refractivity contribution in [1.82, 2.24) is 5.32 Å². The van der Waals surface area contributed by atoms with Crippen LogP contribution in [0.4, 0.5) is 0 Å². The van der Waals surface area contributed by atoms with Crippen LogP contribution in [0.2, 0.25) is 0 Å². The molecule has 4 saturated heterocycles. The molecule has 24 heteroatoms. The van der Waals surface area contributed by atoms with Crippen molar-refractivity contribution < 1.29 is 114 Å². The lowest BCUT2D eigenvalue weighted by atomic mass is 9.95. The van der Waals surface area contributed by atoms with Crippen molar-refractivity contribution in [3.05, 3.63) is 12.2 Å². The number of unbranched alkanes of at least 4 members (excludes halogenated alkanes) is 29. The van der Waals surface area contributed by atoms with Gasteiger partial charge in [-0.05, 0) is 19.3 Å². The fourth-order valence-electron chi connectivity index (χ4n) is 12.0. The first-order valence-corrected chi connectivity index (χ1v) is 34.0. The number of ether oxygens (including phenoxy) is 8. The van der Waals surface area contributed by atoms with Gasteiger partial charge in [-0.2, -0.15) is 0 Å².